The van der Waals surface area contributed by atoms with E-state index in [9.17, 15) is 13.2 Å². The van der Waals surface area contributed by atoms with Crippen molar-refractivity contribution in [1.29, 1.82) is 0 Å². The van der Waals surface area contributed by atoms with Crippen molar-refractivity contribution in [3.63, 3.8) is 0 Å². The largest absolute Gasteiger partial charge is 0.459 e. The summed E-state index contributed by atoms with van der Waals surface area (Å²) in [7, 11) is -1.63. The molecule has 2 heterocycles. The molecule has 6 nitrogen and oxygen atoms in total. The standard InChI is InChI=1S/C19H24N2O4S/c1-20-12-15-6-5-10-21(13-15)19(22)18-16(9-11-25-18)14-26(23,24)17-7-3-2-4-8-17/h2-4,7-9,11,15,20H,5-6,10,12-14H2,1H3. The smallest absolute Gasteiger partial charge is 0.289 e. The highest BCUT2D eigenvalue weighted by molar-refractivity contribution is 7.90. The minimum Gasteiger partial charge on any atom is -0.459 e. The highest BCUT2D eigenvalue weighted by Crippen LogP contribution is 2.23. The number of hydrogen-bond acceptors (Lipinski definition) is 5. The van der Waals surface area contributed by atoms with Crippen LogP contribution in [0.3, 0.4) is 0 Å². The summed E-state index contributed by atoms with van der Waals surface area (Å²) in [4.78, 5) is 14.9. The van der Waals surface area contributed by atoms with Gasteiger partial charge in [0.05, 0.1) is 16.9 Å². The average molecular weight is 376 g/mol. The molecule has 140 valence electrons. The Bertz CT molecular complexity index is 843. The third kappa shape index (κ3) is 4.16. The molecule has 26 heavy (non-hydrogen) atoms. The summed E-state index contributed by atoms with van der Waals surface area (Å²) in [6, 6.07) is 9.83. The Morgan fingerprint density at radius 3 is 2.77 bits per heavy atom. The zero-order chi connectivity index (χ0) is 18.6. The SMILES string of the molecule is CNCC1CCCN(C(=O)c2occc2CS(=O)(=O)c2ccccc2)C1. The zero-order valence-electron chi connectivity index (χ0n) is 14.8. The molecule has 7 heteroatoms. The fourth-order valence-corrected chi connectivity index (χ4v) is 4.78. The Kier molecular flexibility index (Phi) is 5.78. The molecule has 0 bridgehead atoms. The van der Waals surface area contributed by atoms with Gasteiger partial charge in [0.25, 0.3) is 5.91 Å². The minimum absolute atomic E-state index is 0.134. The van der Waals surface area contributed by atoms with Crippen LogP contribution in [0.2, 0.25) is 0 Å². The molecule has 0 radical (unpaired) electrons. The monoisotopic (exact) mass is 376 g/mol. The molecular formula is C19H24N2O4S. The summed E-state index contributed by atoms with van der Waals surface area (Å²) in [5.41, 5.74) is 0.412. The summed E-state index contributed by atoms with van der Waals surface area (Å²) in [5.74, 6) is 0.0652. The molecule has 1 aliphatic rings. The van der Waals surface area contributed by atoms with E-state index in [1.54, 1.807) is 41.3 Å². The first kappa shape index (κ1) is 18.7. The number of nitrogens with one attached hydrogen (secondary N) is 1. The van der Waals surface area contributed by atoms with Crippen molar-refractivity contribution >= 4 is 15.7 Å². The molecule has 1 N–H and O–H groups in total. The number of rotatable bonds is 6. The van der Waals surface area contributed by atoms with E-state index in [-0.39, 0.29) is 22.3 Å². The zero-order valence-corrected chi connectivity index (χ0v) is 15.7. The molecular weight excluding hydrogens is 352 g/mol. The molecule has 1 unspecified atom stereocenters. The first-order valence-corrected chi connectivity index (χ1v) is 10.4. The number of carbonyl (C=O) groups excluding carboxylic acids is 1. The van der Waals surface area contributed by atoms with Crippen molar-refractivity contribution in [3.05, 3.63) is 54.0 Å². The van der Waals surface area contributed by atoms with Crippen LogP contribution in [-0.2, 0) is 15.6 Å². The van der Waals surface area contributed by atoms with Crippen molar-refractivity contribution in [2.75, 3.05) is 26.7 Å². The van der Waals surface area contributed by atoms with Crippen LogP contribution in [0.5, 0.6) is 0 Å². The van der Waals surface area contributed by atoms with Gasteiger partial charge in [-0.2, -0.15) is 0 Å². The van der Waals surface area contributed by atoms with Crippen LogP contribution in [0, 0.1) is 5.92 Å². The first-order chi connectivity index (χ1) is 12.5. The summed E-state index contributed by atoms with van der Waals surface area (Å²) in [6.45, 7) is 2.19. The van der Waals surface area contributed by atoms with E-state index >= 15 is 0 Å². The van der Waals surface area contributed by atoms with E-state index in [4.69, 9.17) is 4.42 Å². The maximum atomic E-state index is 12.9. The van der Waals surface area contributed by atoms with Gasteiger partial charge in [-0.05, 0) is 50.6 Å². The summed E-state index contributed by atoms with van der Waals surface area (Å²) < 4.78 is 30.6. The lowest BCUT2D eigenvalue weighted by atomic mass is 9.97. The average Bonchev–Trinajstić information content (AvgIpc) is 3.10. The Morgan fingerprint density at radius 1 is 1.27 bits per heavy atom. The Hall–Kier alpha value is -2.12. The number of nitrogens with zero attached hydrogens (tertiary/aromatic N) is 1. The van der Waals surface area contributed by atoms with E-state index in [1.807, 2.05) is 7.05 Å². The maximum Gasteiger partial charge on any atom is 0.289 e. The van der Waals surface area contributed by atoms with Crippen LogP contribution in [-0.4, -0.2) is 45.9 Å². The van der Waals surface area contributed by atoms with Crippen molar-refractivity contribution in [3.8, 4) is 0 Å². The molecule has 1 fully saturated rings. The predicted octanol–water partition coefficient (Wildman–Crippen LogP) is 2.33. The van der Waals surface area contributed by atoms with Crippen LogP contribution in [0.15, 0.2) is 52.0 Å². The number of sulfone groups is 1. The van der Waals surface area contributed by atoms with Crippen LogP contribution >= 0.6 is 0 Å². The van der Waals surface area contributed by atoms with Gasteiger partial charge in [0, 0.05) is 18.7 Å². The molecule has 3 rings (SSSR count). The van der Waals surface area contributed by atoms with Gasteiger partial charge in [0.1, 0.15) is 0 Å². The molecule has 1 amide bonds. The van der Waals surface area contributed by atoms with Crippen molar-refractivity contribution in [2.24, 2.45) is 5.92 Å². The number of hydrogen-bond donors (Lipinski definition) is 1. The van der Waals surface area contributed by atoms with E-state index in [1.165, 1.54) is 6.26 Å². The molecule has 1 atom stereocenters. The van der Waals surface area contributed by atoms with Gasteiger partial charge >= 0.3 is 0 Å². The third-order valence-electron chi connectivity index (χ3n) is 4.69. The molecule has 0 saturated carbocycles. The molecule has 0 aliphatic carbocycles. The fraction of sp³-hybridized carbons (Fsp3) is 0.421. The minimum atomic E-state index is -3.53. The highest BCUT2D eigenvalue weighted by Gasteiger charge is 2.29. The lowest BCUT2D eigenvalue weighted by molar-refractivity contribution is 0.0641. The number of furan rings is 1. The second kappa shape index (κ2) is 8.05. The van der Waals surface area contributed by atoms with E-state index < -0.39 is 9.84 Å². The van der Waals surface area contributed by atoms with Crippen LogP contribution in [0.25, 0.3) is 0 Å². The summed E-state index contributed by atoms with van der Waals surface area (Å²) >= 11 is 0. The number of benzene rings is 1. The predicted molar refractivity (Wildman–Crippen MR) is 98.6 cm³/mol. The van der Waals surface area contributed by atoms with Gasteiger partial charge < -0.3 is 14.6 Å². The van der Waals surface area contributed by atoms with Gasteiger partial charge in [-0.15, -0.1) is 0 Å². The second-order valence-electron chi connectivity index (χ2n) is 6.66. The topological polar surface area (TPSA) is 79.6 Å². The Morgan fingerprint density at radius 2 is 2.04 bits per heavy atom. The molecule has 1 aliphatic heterocycles. The van der Waals surface area contributed by atoms with E-state index in [0.29, 0.717) is 24.6 Å². The Labute approximate surface area is 154 Å². The van der Waals surface area contributed by atoms with E-state index in [0.717, 1.165) is 19.4 Å². The number of likely N-dealkylation sites (tertiary alicyclic amines) is 1. The molecule has 1 saturated heterocycles. The second-order valence-corrected chi connectivity index (χ2v) is 8.65. The molecule has 2 aromatic rings. The van der Waals surface area contributed by atoms with Gasteiger partial charge in [-0.3, -0.25) is 4.79 Å². The van der Waals surface area contributed by atoms with Gasteiger partial charge in [-0.25, -0.2) is 8.42 Å². The molecule has 1 aromatic heterocycles. The Balaban J connectivity index is 1.77. The van der Waals surface area contributed by atoms with Gasteiger partial charge in [0.15, 0.2) is 15.6 Å². The molecule has 0 spiro atoms. The van der Waals surface area contributed by atoms with Crippen molar-refractivity contribution in [1.82, 2.24) is 10.2 Å². The van der Waals surface area contributed by atoms with Crippen molar-refractivity contribution in [2.45, 2.75) is 23.5 Å². The summed E-state index contributed by atoms with van der Waals surface area (Å²) in [6.07, 6.45) is 3.41. The normalized spacial score (nSPS) is 18.0. The van der Waals surface area contributed by atoms with Crippen molar-refractivity contribution < 1.29 is 17.6 Å². The van der Waals surface area contributed by atoms with Gasteiger partial charge in [-0.1, -0.05) is 18.2 Å². The van der Waals surface area contributed by atoms with Gasteiger partial charge in [0.2, 0.25) is 0 Å². The highest BCUT2D eigenvalue weighted by atomic mass is 32.2. The number of piperidine rings is 1. The van der Waals surface area contributed by atoms with Crippen LogP contribution in [0.1, 0.15) is 29.0 Å². The molecule has 1 aromatic carbocycles. The maximum absolute atomic E-state index is 12.9. The van der Waals surface area contributed by atoms with Crippen LogP contribution < -0.4 is 5.32 Å². The van der Waals surface area contributed by atoms with E-state index in [2.05, 4.69) is 5.32 Å². The van der Waals surface area contributed by atoms with Crippen LogP contribution in [0.4, 0.5) is 0 Å². The fourth-order valence-electron chi connectivity index (χ4n) is 3.40. The quantitative estimate of drug-likeness (QED) is 0.837. The summed E-state index contributed by atoms with van der Waals surface area (Å²) in [5, 5.41) is 3.15. The first-order valence-electron chi connectivity index (χ1n) is 8.79. The number of amides is 1. The third-order valence-corrected chi connectivity index (χ3v) is 6.37. The number of carbonyl (C=O) groups is 1. The lowest BCUT2D eigenvalue weighted by Gasteiger charge is -2.32. The lowest BCUT2D eigenvalue weighted by Crippen LogP contribution is -2.42.